The van der Waals surface area contributed by atoms with Gasteiger partial charge in [0.05, 0.1) is 16.4 Å². The van der Waals surface area contributed by atoms with Gasteiger partial charge in [0.15, 0.2) is 11.6 Å². The van der Waals surface area contributed by atoms with Crippen LogP contribution in [-0.4, -0.2) is 19.5 Å². The van der Waals surface area contributed by atoms with Crippen molar-refractivity contribution < 1.29 is 0 Å². The summed E-state index contributed by atoms with van der Waals surface area (Å²) in [6.07, 6.45) is 0. The highest BCUT2D eigenvalue weighted by atomic mass is 15.2. The molecule has 0 amide bonds. The molecule has 0 aliphatic heterocycles. The minimum Gasteiger partial charge on any atom is -0.278 e. The summed E-state index contributed by atoms with van der Waals surface area (Å²) in [4.78, 5) is 16.4. The van der Waals surface area contributed by atoms with E-state index >= 15 is 0 Å². The third kappa shape index (κ3) is 4.86. The molecule has 9 aromatic carbocycles. The molecule has 2 aromatic heterocycles. The maximum Gasteiger partial charge on any atom is 0.238 e. The van der Waals surface area contributed by atoms with Crippen LogP contribution in [0, 0.1) is 0 Å². The lowest BCUT2D eigenvalue weighted by molar-refractivity contribution is 0.794. The number of para-hydroxylation sites is 1. The summed E-state index contributed by atoms with van der Waals surface area (Å²) in [6.45, 7) is 0. The van der Waals surface area contributed by atoms with Crippen molar-refractivity contribution in [1.82, 2.24) is 19.5 Å². The zero-order valence-corrected chi connectivity index (χ0v) is 33.6. The Kier molecular flexibility index (Phi) is 7.49. The Hall–Kier alpha value is -8.21. The molecule has 0 saturated heterocycles. The van der Waals surface area contributed by atoms with Crippen molar-refractivity contribution >= 4 is 21.8 Å². The van der Waals surface area contributed by atoms with Gasteiger partial charge >= 0.3 is 0 Å². The van der Waals surface area contributed by atoms with Crippen molar-refractivity contribution in [2.75, 3.05) is 0 Å². The van der Waals surface area contributed by atoms with Gasteiger partial charge in [-0.1, -0.05) is 200 Å². The summed E-state index contributed by atoms with van der Waals surface area (Å²) < 4.78 is 2.28. The van der Waals surface area contributed by atoms with E-state index in [2.05, 4.69) is 223 Å². The molecule has 2 aliphatic carbocycles. The smallest absolute Gasteiger partial charge is 0.238 e. The number of nitrogens with zero attached hydrogens (tertiary/aromatic N) is 4. The summed E-state index contributed by atoms with van der Waals surface area (Å²) in [6, 6.07) is 78.4. The van der Waals surface area contributed by atoms with E-state index in [0.29, 0.717) is 17.6 Å². The Morgan fingerprint density at radius 3 is 1.24 bits per heavy atom. The van der Waals surface area contributed by atoms with Gasteiger partial charge in [-0.25, -0.2) is 4.98 Å². The van der Waals surface area contributed by atoms with Crippen molar-refractivity contribution in [2.24, 2.45) is 0 Å². The highest BCUT2D eigenvalue weighted by molar-refractivity contribution is 6.12. The number of hydrogen-bond acceptors (Lipinski definition) is 3. The lowest BCUT2D eigenvalue weighted by atomic mass is 9.70. The van der Waals surface area contributed by atoms with E-state index in [1.807, 2.05) is 0 Å². The zero-order valence-electron chi connectivity index (χ0n) is 33.6. The first-order chi connectivity index (χ1) is 30.8. The molecule has 11 aromatic rings. The topological polar surface area (TPSA) is 43.6 Å². The van der Waals surface area contributed by atoms with E-state index in [4.69, 9.17) is 15.0 Å². The third-order valence-corrected chi connectivity index (χ3v) is 13.1. The molecule has 1 spiro atoms. The normalized spacial score (nSPS) is 13.0. The van der Waals surface area contributed by atoms with Gasteiger partial charge in [0.25, 0.3) is 0 Å². The zero-order chi connectivity index (χ0) is 40.8. The number of hydrogen-bond donors (Lipinski definition) is 0. The summed E-state index contributed by atoms with van der Waals surface area (Å²) >= 11 is 0. The SMILES string of the molecule is c1ccc(-c2ccccc2-c2nc(-c3ccccc3-c3ccccc3)nc(-n3c4ccccc4c4cc5c(cc43)C3(c4ccccc4-c4ccccc43)c3ccccc3-5)n2)cc1. The number of rotatable bonds is 5. The second kappa shape index (κ2) is 13.4. The molecule has 4 heteroatoms. The van der Waals surface area contributed by atoms with E-state index in [-0.39, 0.29) is 0 Å². The van der Waals surface area contributed by atoms with Gasteiger partial charge in [0, 0.05) is 21.9 Å². The van der Waals surface area contributed by atoms with Gasteiger partial charge < -0.3 is 0 Å². The molecule has 62 heavy (non-hydrogen) atoms. The fourth-order valence-electron chi connectivity index (χ4n) is 10.6. The highest BCUT2D eigenvalue weighted by Crippen LogP contribution is 2.63. The van der Waals surface area contributed by atoms with Crippen LogP contribution >= 0.6 is 0 Å². The van der Waals surface area contributed by atoms with E-state index in [9.17, 15) is 0 Å². The molecule has 2 heterocycles. The average Bonchev–Trinajstić information content (AvgIpc) is 3.95. The Balaban J connectivity index is 1.14. The van der Waals surface area contributed by atoms with Gasteiger partial charge in [0.2, 0.25) is 5.95 Å². The summed E-state index contributed by atoms with van der Waals surface area (Å²) in [5, 5.41) is 2.30. The van der Waals surface area contributed by atoms with E-state index < -0.39 is 5.41 Å². The standard InChI is InChI=1S/C58H36N4/c1-3-19-37(20-4-1)39-23-7-9-29-45(39)55-59-56(46-30-10-8-24-40(46)38-21-5-2-6-22-38)61-57(60-55)62-53-34-18-14-28-44(53)48-35-47-43-27-13-17-33-51(43)58(52(47)36-54(48)62)49-31-15-11-25-41(49)42-26-12-16-32-50(42)58/h1-36H. The molecule has 0 N–H and O–H groups in total. The van der Waals surface area contributed by atoms with Crippen molar-refractivity contribution in [3.8, 4) is 73.2 Å². The monoisotopic (exact) mass is 788 g/mol. The number of fused-ring (bicyclic) bond motifs is 13. The summed E-state index contributed by atoms with van der Waals surface area (Å²) in [5.74, 6) is 1.79. The van der Waals surface area contributed by atoms with Crippen molar-refractivity contribution in [2.45, 2.75) is 5.41 Å². The molecule has 0 radical (unpaired) electrons. The Morgan fingerprint density at radius 2 is 0.710 bits per heavy atom. The van der Waals surface area contributed by atoms with Gasteiger partial charge in [-0.05, 0) is 85.0 Å². The first-order valence-corrected chi connectivity index (χ1v) is 21.2. The molecule has 4 nitrogen and oxygen atoms in total. The fraction of sp³-hybridized carbons (Fsp3) is 0.0172. The van der Waals surface area contributed by atoms with Crippen LogP contribution in [0.1, 0.15) is 22.3 Å². The largest absolute Gasteiger partial charge is 0.278 e. The van der Waals surface area contributed by atoms with Gasteiger partial charge in [0.1, 0.15) is 0 Å². The predicted octanol–water partition coefficient (Wildman–Crippen LogP) is 14.0. The molecule has 0 atom stereocenters. The van der Waals surface area contributed by atoms with Crippen LogP contribution in [-0.2, 0) is 5.41 Å². The fourth-order valence-corrected chi connectivity index (χ4v) is 10.6. The minimum absolute atomic E-state index is 0.493. The number of benzene rings is 9. The van der Waals surface area contributed by atoms with E-state index in [1.165, 1.54) is 44.5 Å². The second-order valence-electron chi connectivity index (χ2n) is 16.3. The van der Waals surface area contributed by atoms with Crippen molar-refractivity contribution in [1.29, 1.82) is 0 Å². The van der Waals surface area contributed by atoms with Gasteiger partial charge in [-0.2, -0.15) is 9.97 Å². The summed E-state index contributed by atoms with van der Waals surface area (Å²) in [5.41, 5.74) is 18.1. The molecule has 0 fully saturated rings. The molecule has 13 rings (SSSR count). The lowest BCUT2D eigenvalue weighted by Gasteiger charge is -2.30. The first kappa shape index (κ1) is 34.6. The minimum atomic E-state index is -0.493. The van der Waals surface area contributed by atoms with Gasteiger partial charge in [-0.15, -0.1) is 0 Å². The summed E-state index contributed by atoms with van der Waals surface area (Å²) in [7, 11) is 0. The Morgan fingerprint density at radius 1 is 0.290 bits per heavy atom. The number of aromatic nitrogens is 4. The van der Waals surface area contributed by atoms with Crippen LogP contribution in [0.4, 0.5) is 0 Å². The van der Waals surface area contributed by atoms with Crippen LogP contribution < -0.4 is 0 Å². The lowest BCUT2D eigenvalue weighted by Crippen LogP contribution is -2.25. The maximum atomic E-state index is 5.50. The second-order valence-corrected chi connectivity index (χ2v) is 16.3. The molecule has 0 unspecified atom stereocenters. The van der Waals surface area contributed by atoms with Crippen LogP contribution in [0.15, 0.2) is 218 Å². The van der Waals surface area contributed by atoms with E-state index in [0.717, 1.165) is 55.2 Å². The maximum absolute atomic E-state index is 5.50. The van der Waals surface area contributed by atoms with Gasteiger partial charge in [-0.3, -0.25) is 4.57 Å². The van der Waals surface area contributed by atoms with Crippen LogP contribution in [0.3, 0.4) is 0 Å². The molecular weight excluding hydrogens is 753 g/mol. The quantitative estimate of drug-likeness (QED) is 0.174. The van der Waals surface area contributed by atoms with Crippen molar-refractivity contribution in [3.05, 3.63) is 241 Å². The Bertz CT molecular complexity index is 3440. The molecule has 0 saturated carbocycles. The van der Waals surface area contributed by atoms with Crippen molar-refractivity contribution in [3.63, 3.8) is 0 Å². The average molecular weight is 789 g/mol. The molecule has 2 aliphatic rings. The van der Waals surface area contributed by atoms with E-state index in [1.54, 1.807) is 0 Å². The predicted molar refractivity (Wildman–Crippen MR) is 252 cm³/mol. The van der Waals surface area contributed by atoms with Crippen LogP contribution in [0.25, 0.3) is 95.0 Å². The highest BCUT2D eigenvalue weighted by Gasteiger charge is 2.51. The third-order valence-electron chi connectivity index (χ3n) is 13.1. The van der Waals surface area contributed by atoms with Crippen LogP contribution in [0.2, 0.25) is 0 Å². The Labute approximate surface area is 359 Å². The molecule has 288 valence electrons. The van der Waals surface area contributed by atoms with Crippen LogP contribution in [0.5, 0.6) is 0 Å². The molecular formula is C58H36N4. The molecule has 0 bridgehead atoms. The first-order valence-electron chi connectivity index (χ1n) is 21.2.